The SMILES string of the molecule is C=C/C=C(\C=C)n1cc(-c2ccnn2C)c(C#N)n1.CC. The highest BCUT2D eigenvalue weighted by atomic mass is 15.3. The third-order valence-electron chi connectivity index (χ3n) is 2.68. The van der Waals surface area contributed by atoms with E-state index in [1.165, 1.54) is 0 Å². The van der Waals surface area contributed by atoms with Crippen molar-refractivity contribution in [1.82, 2.24) is 19.6 Å². The van der Waals surface area contributed by atoms with Gasteiger partial charge in [0.05, 0.1) is 17.0 Å². The molecule has 2 aromatic heterocycles. The maximum Gasteiger partial charge on any atom is 0.172 e. The van der Waals surface area contributed by atoms with E-state index in [4.69, 9.17) is 0 Å². The Kier molecular flexibility index (Phi) is 5.90. The number of allylic oxidation sites excluding steroid dienone is 4. The van der Waals surface area contributed by atoms with Gasteiger partial charge < -0.3 is 0 Å². The number of hydrogen-bond acceptors (Lipinski definition) is 3. The van der Waals surface area contributed by atoms with Crippen molar-refractivity contribution in [3.63, 3.8) is 0 Å². The third-order valence-corrected chi connectivity index (χ3v) is 2.68. The van der Waals surface area contributed by atoms with Gasteiger partial charge in [-0.2, -0.15) is 15.5 Å². The molecule has 21 heavy (non-hydrogen) atoms. The molecular formula is C16H19N5. The van der Waals surface area contributed by atoms with E-state index in [0.717, 1.165) is 17.0 Å². The molecule has 2 heterocycles. The van der Waals surface area contributed by atoms with Crippen molar-refractivity contribution in [3.8, 4) is 17.3 Å². The van der Waals surface area contributed by atoms with Crippen LogP contribution in [0.15, 0.2) is 49.8 Å². The molecule has 0 amide bonds. The molecule has 2 rings (SSSR count). The molecule has 0 N–H and O–H groups in total. The fourth-order valence-electron chi connectivity index (χ4n) is 1.77. The maximum absolute atomic E-state index is 9.18. The van der Waals surface area contributed by atoms with E-state index >= 15 is 0 Å². The lowest BCUT2D eigenvalue weighted by molar-refractivity contribution is 0.775. The van der Waals surface area contributed by atoms with E-state index in [1.807, 2.05) is 27.0 Å². The van der Waals surface area contributed by atoms with Gasteiger partial charge in [-0.15, -0.1) is 0 Å². The summed E-state index contributed by atoms with van der Waals surface area (Å²) in [5.74, 6) is 0. The molecule has 0 aromatic carbocycles. The average Bonchev–Trinajstić information content (AvgIpc) is 3.12. The zero-order valence-corrected chi connectivity index (χ0v) is 12.6. The van der Waals surface area contributed by atoms with Crippen molar-refractivity contribution in [2.24, 2.45) is 7.05 Å². The molecule has 0 unspecified atom stereocenters. The highest BCUT2D eigenvalue weighted by Crippen LogP contribution is 2.23. The minimum absolute atomic E-state index is 0.348. The predicted molar refractivity (Wildman–Crippen MR) is 85.2 cm³/mol. The zero-order valence-electron chi connectivity index (χ0n) is 12.6. The molecular weight excluding hydrogens is 262 g/mol. The predicted octanol–water partition coefficient (Wildman–Crippen LogP) is 3.39. The number of aryl methyl sites for hydroxylation is 1. The summed E-state index contributed by atoms with van der Waals surface area (Å²) in [4.78, 5) is 0. The second-order valence-electron chi connectivity index (χ2n) is 3.82. The molecule has 0 radical (unpaired) electrons. The van der Waals surface area contributed by atoms with Crippen LogP contribution < -0.4 is 0 Å². The first-order valence-electron chi connectivity index (χ1n) is 6.65. The minimum Gasteiger partial charge on any atom is -0.268 e. The van der Waals surface area contributed by atoms with Gasteiger partial charge in [0.25, 0.3) is 0 Å². The van der Waals surface area contributed by atoms with Crippen molar-refractivity contribution >= 4 is 5.70 Å². The molecule has 0 saturated carbocycles. The molecule has 5 heteroatoms. The van der Waals surface area contributed by atoms with Gasteiger partial charge in [-0.05, 0) is 18.2 Å². The van der Waals surface area contributed by atoms with Crippen LogP contribution in [0.3, 0.4) is 0 Å². The standard InChI is InChI=1S/C14H13N5.C2H6/c1-4-6-11(5-2)19-10-12(13(9-15)17-19)14-7-8-16-18(14)3;1-2/h4-8,10H,1-2H2,3H3;1-2H3/b11-6+;. The van der Waals surface area contributed by atoms with Crippen LogP contribution in [0.5, 0.6) is 0 Å². The average molecular weight is 281 g/mol. The van der Waals surface area contributed by atoms with Crippen LogP contribution in [0.2, 0.25) is 0 Å². The van der Waals surface area contributed by atoms with Crippen molar-refractivity contribution in [1.29, 1.82) is 5.26 Å². The Bertz CT molecular complexity index is 695. The summed E-state index contributed by atoms with van der Waals surface area (Å²) in [5.41, 5.74) is 2.67. The van der Waals surface area contributed by atoms with E-state index in [9.17, 15) is 5.26 Å². The van der Waals surface area contributed by atoms with Crippen LogP contribution in [0.1, 0.15) is 19.5 Å². The van der Waals surface area contributed by atoms with Crippen molar-refractivity contribution in [2.45, 2.75) is 13.8 Å². The number of rotatable bonds is 4. The summed E-state index contributed by atoms with van der Waals surface area (Å²) in [7, 11) is 1.82. The van der Waals surface area contributed by atoms with Crippen LogP contribution in [0.25, 0.3) is 17.0 Å². The van der Waals surface area contributed by atoms with Crippen LogP contribution in [0.4, 0.5) is 0 Å². The number of nitrogens with zero attached hydrogens (tertiary/aromatic N) is 5. The van der Waals surface area contributed by atoms with Crippen molar-refractivity contribution < 1.29 is 0 Å². The Morgan fingerprint density at radius 2 is 2.10 bits per heavy atom. The first kappa shape index (κ1) is 16.2. The summed E-state index contributed by atoms with van der Waals surface area (Å²) < 4.78 is 3.31. The summed E-state index contributed by atoms with van der Waals surface area (Å²) in [6.07, 6.45) is 8.54. The second kappa shape index (κ2) is 7.65. The van der Waals surface area contributed by atoms with Gasteiger partial charge in [0.15, 0.2) is 5.69 Å². The molecule has 0 atom stereocenters. The molecule has 0 spiro atoms. The van der Waals surface area contributed by atoms with Crippen LogP contribution in [-0.2, 0) is 7.05 Å². The van der Waals surface area contributed by atoms with E-state index in [-0.39, 0.29) is 0 Å². The molecule has 5 nitrogen and oxygen atoms in total. The first-order chi connectivity index (χ1) is 10.2. The lowest BCUT2D eigenvalue weighted by Crippen LogP contribution is -1.94. The zero-order chi connectivity index (χ0) is 15.8. The van der Waals surface area contributed by atoms with E-state index in [1.54, 1.807) is 40.0 Å². The van der Waals surface area contributed by atoms with Gasteiger partial charge in [0, 0.05) is 19.4 Å². The Labute approximate surface area is 125 Å². The molecule has 0 aliphatic carbocycles. The van der Waals surface area contributed by atoms with Crippen molar-refractivity contribution in [2.75, 3.05) is 0 Å². The largest absolute Gasteiger partial charge is 0.268 e. The summed E-state index contributed by atoms with van der Waals surface area (Å²) in [6.45, 7) is 11.4. The van der Waals surface area contributed by atoms with Gasteiger partial charge >= 0.3 is 0 Å². The van der Waals surface area contributed by atoms with E-state index in [0.29, 0.717) is 5.69 Å². The Morgan fingerprint density at radius 1 is 1.38 bits per heavy atom. The lowest BCUT2D eigenvalue weighted by Gasteiger charge is -1.99. The number of hydrogen-bond donors (Lipinski definition) is 0. The fourth-order valence-corrected chi connectivity index (χ4v) is 1.77. The molecule has 2 aromatic rings. The van der Waals surface area contributed by atoms with Crippen LogP contribution in [-0.4, -0.2) is 19.6 Å². The monoisotopic (exact) mass is 281 g/mol. The molecule has 0 fully saturated rings. The Balaban J connectivity index is 0.00000106. The fraction of sp³-hybridized carbons (Fsp3) is 0.188. The van der Waals surface area contributed by atoms with Gasteiger partial charge in [-0.3, -0.25) is 4.68 Å². The normalized spacial score (nSPS) is 10.3. The molecule has 0 aliphatic heterocycles. The van der Waals surface area contributed by atoms with E-state index in [2.05, 4.69) is 29.4 Å². The quantitative estimate of drug-likeness (QED) is 0.807. The van der Waals surface area contributed by atoms with Gasteiger partial charge in [-0.1, -0.05) is 33.1 Å². The van der Waals surface area contributed by atoms with Crippen LogP contribution >= 0.6 is 0 Å². The van der Waals surface area contributed by atoms with Gasteiger partial charge in [0.1, 0.15) is 6.07 Å². The Hall–Kier alpha value is -2.87. The highest BCUT2D eigenvalue weighted by Gasteiger charge is 2.14. The summed E-state index contributed by atoms with van der Waals surface area (Å²) >= 11 is 0. The van der Waals surface area contributed by atoms with Crippen LogP contribution in [0, 0.1) is 11.3 Å². The van der Waals surface area contributed by atoms with Gasteiger partial charge in [0.2, 0.25) is 0 Å². The van der Waals surface area contributed by atoms with Gasteiger partial charge in [-0.25, -0.2) is 4.68 Å². The third kappa shape index (κ3) is 3.37. The van der Waals surface area contributed by atoms with E-state index < -0.39 is 0 Å². The molecule has 0 bridgehead atoms. The molecule has 0 saturated heterocycles. The smallest absolute Gasteiger partial charge is 0.172 e. The lowest BCUT2D eigenvalue weighted by atomic mass is 10.2. The minimum atomic E-state index is 0.348. The van der Waals surface area contributed by atoms with Crippen molar-refractivity contribution in [3.05, 3.63) is 55.5 Å². The topological polar surface area (TPSA) is 59.4 Å². The second-order valence-corrected chi connectivity index (χ2v) is 3.82. The summed E-state index contributed by atoms with van der Waals surface area (Å²) in [5, 5.41) is 17.5. The molecule has 0 aliphatic rings. The number of aromatic nitrogens is 4. The molecule has 108 valence electrons. The number of nitriles is 1. The Morgan fingerprint density at radius 3 is 2.57 bits per heavy atom. The summed E-state index contributed by atoms with van der Waals surface area (Å²) in [6, 6.07) is 3.93. The first-order valence-corrected chi connectivity index (χ1v) is 6.65. The maximum atomic E-state index is 9.18. The highest BCUT2D eigenvalue weighted by molar-refractivity contribution is 5.68.